The summed E-state index contributed by atoms with van der Waals surface area (Å²) in [6.45, 7) is 15.9. The number of aliphatic imine (C=N–C) groups is 1. The van der Waals surface area contributed by atoms with Gasteiger partial charge in [0.15, 0.2) is 0 Å². The summed E-state index contributed by atoms with van der Waals surface area (Å²) in [5, 5.41) is 10.9. The summed E-state index contributed by atoms with van der Waals surface area (Å²) in [5.74, 6) is 1.54. The van der Waals surface area contributed by atoms with Crippen molar-refractivity contribution in [3.05, 3.63) is 81.4 Å². The highest BCUT2D eigenvalue weighted by Crippen LogP contribution is 2.37. The Morgan fingerprint density at radius 2 is 1.76 bits per heavy atom. The predicted molar refractivity (Wildman–Crippen MR) is 164 cm³/mol. The Hall–Kier alpha value is -2.97. The lowest BCUT2D eigenvalue weighted by molar-refractivity contribution is 0.302. The van der Waals surface area contributed by atoms with E-state index in [1.165, 1.54) is 5.57 Å². The van der Waals surface area contributed by atoms with Crippen LogP contribution in [-0.2, 0) is 11.8 Å². The molecule has 0 amide bonds. The lowest BCUT2D eigenvalue weighted by Crippen LogP contribution is -2.20. The van der Waals surface area contributed by atoms with Crippen LogP contribution >= 0.6 is 11.8 Å². The summed E-state index contributed by atoms with van der Waals surface area (Å²) >= 11 is 1.64. The first-order valence-electron chi connectivity index (χ1n) is 13.6. The summed E-state index contributed by atoms with van der Waals surface area (Å²) in [4.78, 5) is 4.77. The standard InChI is InChI=1S/C33H44N2O2S/c1-9-12-13-19-36-31-25(11-3)20-28(21-26(31)22-34)33(6,7)27-15-17-30(18-16-27)37-23-29(14-10-2)35-32(38-8)24(4)5/h10,14-18,20-21H,9,11-13,19,23H2,1-8H3/b14-10-,35-29+. The molecule has 0 radical (unpaired) electrons. The number of nitrogens with zero attached hydrogens (tertiary/aromatic N) is 2. The zero-order valence-electron chi connectivity index (χ0n) is 24.5. The Morgan fingerprint density at radius 1 is 1.05 bits per heavy atom. The van der Waals surface area contributed by atoms with E-state index in [9.17, 15) is 5.26 Å². The van der Waals surface area contributed by atoms with E-state index in [0.29, 0.717) is 18.8 Å². The Balaban J connectivity index is 2.27. The van der Waals surface area contributed by atoms with Crippen molar-refractivity contribution in [2.75, 3.05) is 19.5 Å². The quantitative estimate of drug-likeness (QED) is 0.180. The molecular formula is C33H44N2O2S. The summed E-state index contributed by atoms with van der Waals surface area (Å²) in [6.07, 6.45) is 10.1. The summed E-state index contributed by atoms with van der Waals surface area (Å²) in [6, 6.07) is 14.8. The Bertz CT molecular complexity index is 1180. The molecule has 2 aromatic rings. The second kappa shape index (κ2) is 15.4. The molecule has 4 nitrogen and oxygen atoms in total. The molecule has 0 fully saturated rings. The highest BCUT2D eigenvalue weighted by molar-refractivity contribution is 8.02. The van der Waals surface area contributed by atoms with E-state index in [0.717, 1.165) is 64.6 Å². The van der Waals surface area contributed by atoms with Crippen LogP contribution in [0.2, 0.25) is 0 Å². The molecule has 0 aliphatic heterocycles. The molecule has 0 spiro atoms. The first-order chi connectivity index (χ1) is 18.2. The van der Waals surface area contributed by atoms with Crippen LogP contribution in [0, 0.1) is 11.3 Å². The number of hydrogen-bond acceptors (Lipinski definition) is 5. The third kappa shape index (κ3) is 8.53. The van der Waals surface area contributed by atoms with Gasteiger partial charge in [-0.05, 0) is 86.4 Å². The van der Waals surface area contributed by atoms with Gasteiger partial charge in [0, 0.05) is 5.41 Å². The van der Waals surface area contributed by atoms with Crippen molar-refractivity contribution in [3.63, 3.8) is 0 Å². The van der Waals surface area contributed by atoms with Crippen molar-refractivity contribution in [3.8, 4) is 17.6 Å². The van der Waals surface area contributed by atoms with Gasteiger partial charge in [-0.3, -0.25) is 0 Å². The van der Waals surface area contributed by atoms with Gasteiger partial charge in [-0.15, -0.1) is 11.8 Å². The first-order valence-corrected chi connectivity index (χ1v) is 14.8. The van der Waals surface area contributed by atoms with Crippen molar-refractivity contribution in [1.82, 2.24) is 0 Å². The van der Waals surface area contributed by atoms with Crippen molar-refractivity contribution in [1.29, 1.82) is 5.26 Å². The maximum atomic E-state index is 9.92. The van der Waals surface area contributed by atoms with Crippen LogP contribution in [-0.4, -0.2) is 25.2 Å². The number of benzene rings is 2. The van der Waals surface area contributed by atoms with Crippen LogP contribution < -0.4 is 9.47 Å². The number of thioether (sulfide) groups is 1. The van der Waals surface area contributed by atoms with Gasteiger partial charge in [0.2, 0.25) is 0 Å². The number of hydrogen-bond donors (Lipinski definition) is 0. The van der Waals surface area contributed by atoms with Crippen molar-refractivity contribution in [2.24, 2.45) is 4.99 Å². The van der Waals surface area contributed by atoms with Crippen LogP contribution in [0.3, 0.4) is 0 Å². The van der Waals surface area contributed by atoms with Gasteiger partial charge in [-0.25, -0.2) is 4.99 Å². The second-order valence-electron chi connectivity index (χ2n) is 10.1. The fraction of sp³-hybridized carbons (Fsp3) is 0.455. The van der Waals surface area contributed by atoms with E-state index in [-0.39, 0.29) is 5.41 Å². The molecule has 0 bridgehead atoms. The van der Waals surface area contributed by atoms with Crippen LogP contribution in [0.4, 0.5) is 0 Å². The van der Waals surface area contributed by atoms with Gasteiger partial charge >= 0.3 is 0 Å². The average molecular weight is 533 g/mol. The molecule has 0 unspecified atom stereocenters. The van der Waals surface area contributed by atoms with Crippen LogP contribution in [0.25, 0.3) is 0 Å². The minimum Gasteiger partial charge on any atom is -0.492 e. The molecule has 5 heteroatoms. The molecule has 204 valence electrons. The monoisotopic (exact) mass is 532 g/mol. The van der Waals surface area contributed by atoms with Crippen LogP contribution in [0.1, 0.15) is 90.0 Å². The SMILES string of the molecule is C/C=C\C(COc1ccc(C(C)(C)c2cc(C#N)c(OCCCCC)c(CC)c2)cc1)=N/C(SC)=C(C)C. The van der Waals surface area contributed by atoms with E-state index in [4.69, 9.17) is 14.5 Å². The van der Waals surface area contributed by atoms with Crippen LogP contribution in [0.15, 0.2) is 64.1 Å². The highest BCUT2D eigenvalue weighted by atomic mass is 32.2. The molecule has 0 aliphatic carbocycles. The topological polar surface area (TPSA) is 54.6 Å². The molecule has 0 saturated carbocycles. The van der Waals surface area contributed by atoms with Gasteiger partial charge in [-0.1, -0.05) is 64.8 Å². The van der Waals surface area contributed by atoms with E-state index in [1.54, 1.807) is 11.8 Å². The molecule has 0 saturated heterocycles. The minimum absolute atomic E-state index is 0.289. The summed E-state index contributed by atoms with van der Waals surface area (Å²) < 4.78 is 12.2. The normalized spacial score (nSPS) is 11.9. The smallest absolute Gasteiger partial charge is 0.140 e. The zero-order valence-corrected chi connectivity index (χ0v) is 25.3. The molecule has 2 aromatic carbocycles. The van der Waals surface area contributed by atoms with Gasteiger partial charge in [0.25, 0.3) is 0 Å². The molecule has 38 heavy (non-hydrogen) atoms. The number of rotatable bonds is 14. The fourth-order valence-corrected chi connectivity index (χ4v) is 4.80. The average Bonchev–Trinajstić information content (AvgIpc) is 2.92. The van der Waals surface area contributed by atoms with E-state index in [2.05, 4.69) is 65.8 Å². The number of unbranched alkanes of at least 4 members (excludes halogenated alkanes) is 2. The van der Waals surface area contributed by atoms with E-state index >= 15 is 0 Å². The zero-order chi connectivity index (χ0) is 28.1. The van der Waals surface area contributed by atoms with Crippen LogP contribution in [0.5, 0.6) is 11.5 Å². The molecule has 0 aliphatic rings. The first kappa shape index (κ1) is 31.2. The third-order valence-corrected chi connectivity index (χ3v) is 7.46. The lowest BCUT2D eigenvalue weighted by atomic mass is 9.77. The third-order valence-electron chi connectivity index (χ3n) is 6.57. The number of allylic oxidation sites excluding steroid dienone is 2. The Labute approximate surface area is 234 Å². The van der Waals surface area contributed by atoms with Gasteiger partial charge < -0.3 is 9.47 Å². The molecule has 0 heterocycles. The van der Waals surface area contributed by atoms with Crippen molar-refractivity contribution >= 4 is 17.5 Å². The molecular weight excluding hydrogens is 488 g/mol. The summed E-state index contributed by atoms with van der Waals surface area (Å²) in [7, 11) is 0. The number of ether oxygens (including phenoxy) is 2. The van der Waals surface area contributed by atoms with Crippen molar-refractivity contribution < 1.29 is 9.47 Å². The predicted octanol–water partition coefficient (Wildman–Crippen LogP) is 9.03. The minimum atomic E-state index is -0.289. The molecule has 0 aromatic heterocycles. The Kier molecular flexibility index (Phi) is 12.7. The van der Waals surface area contributed by atoms with Gasteiger partial charge in [0.05, 0.1) is 22.9 Å². The Morgan fingerprint density at radius 3 is 2.32 bits per heavy atom. The molecule has 0 N–H and O–H groups in total. The van der Waals surface area contributed by atoms with E-state index < -0.39 is 0 Å². The van der Waals surface area contributed by atoms with Gasteiger partial charge in [0.1, 0.15) is 24.2 Å². The maximum absolute atomic E-state index is 9.92. The highest BCUT2D eigenvalue weighted by Gasteiger charge is 2.26. The van der Waals surface area contributed by atoms with E-state index in [1.807, 2.05) is 43.5 Å². The maximum Gasteiger partial charge on any atom is 0.140 e. The lowest BCUT2D eigenvalue weighted by Gasteiger charge is -2.28. The number of aryl methyl sites for hydroxylation is 1. The number of nitriles is 1. The van der Waals surface area contributed by atoms with Crippen molar-refractivity contribution in [2.45, 2.75) is 79.6 Å². The van der Waals surface area contributed by atoms with Gasteiger partial charge in [-0.2, -0.15) is 5.26 Å². The molecule has 2 rings (SSSR count). The fourth-order valence-electron chi connectivity index (χ4n) is 4.19. The summed E-state index contributed by atoms with van der Waals surface area (Å²) in [5.41, 5.74) is 5.74. The largest absolute Gasteiger partial charge is 0.492 e. The molecule has 0 atom stereocenters. The second-order valence-corrected chi connectivity index (χ2v) is 10.9.